The first kappa shape index (κ1) is 16.6. The fourth-order valence-corrected chi connectivity index (χ4v) is 3.59. The van der Waals surface area contributed by atoms with E-state index >= 15 is 0 Å². The number of carbonyl (C=O) groups excluding carboxylic acids is 1. The molecule has 4 rings (SSSR count). The molecule has 1 aromatic heterocycles. The highest BCUT2D eigenvalue weighted by molar-refractivity contribution is 5.80. The number of rotatable bonds is 4. The molecule has 0 spiro atoms. The van der Waals surface area contributed by atoms with Crippen molar-refractivity contribution in [3.8, 4) is 0 Å². The number of nitrogens with zero attached hydrogens (tertiary/aromatic N) is 3. The normalized spacial score (nSPS) is 14.8. The summed E-state index contributed by atoms with van der Waals surface area (Å²) in [4.78, 5) is 24.6. The lowest BCUT2D eigenvalue weighted by Crippen LogP contribution is -2.48. The number of aromatic amines is 1. The molecular formula is C21H24N4O. The average Bonchev–Trinajstić information content (AvgIpc) is 3.06. The third-order valence-corrected chi connectivity index (χ3v) is 5.05. The van der Waals surface area contributed by atoms with Crippen molar-refractivity contribution < 1.29 is 4.79 Å². The number of H-pyrrole nitrogens is 1. The zero-order valence-electron chi connectivity index (χ0n) is 15.1. The van der Waals surface area contributed by atoms with Crippen LogP contribution in [0, 0.1) is 6.92 Å². The van der Waals surface area contributed by atoms with E-state index in [-0.39, 0.29) is 5.91 Å². The fourth-order valence-electron chi connectivity index (χ4n) is 3.59. The number of benzene rings is 2. The summed E-state index contributed by atoms with van der Waals surface area (Å²) in [6.07, 6.45) is 1.40. The number of aromatic nitrogens is 2. The quantitative estimate of drug-likeness (QED) is 0.788. The van der Waals surface area contributed by atoms with Crippen molar-refractivity contribution in [1.82, 2.24) is 14.9 Å². The van der Waals surface area contributed by atoms with Crippen LogP contribution in [0.5, 0.6) is 0 Å². The summed E-state index contributed by atoms with van der Waals surface area (Å²) in [6.45, 7) is 5.28. The molecule has 0 aliphatic carbocycles. The molecule has 134 valence electrons. The van der Waals surface area contributed by atoms with Gasteiger partial charge in [-0.25, -0.2) is 4.98 Å². The first-order valence-electron chi connectivity index (χ1n) is 9.22. The van der Waals surface area contributed by atoms with E-state index in [1.807, 2.05) is 30.0 Å². The van der Waals surface area contributed by atoms with Gasteiger partial charge >= 0.3 is 0 Å². The summed E-state index contributed by atoms with van der Waals surface area (Å²) in [5.74, 6) is 1.19. The Morgan fingerprint density at radius 2 is 1.85 bits per heavy atom. The van der Waals surface area contributed by atoms with Gasteiger partial charge in [-0.2, -0.15) is 0 Å². The fraction of sp³-hybridized carbons (Fsp3) is 0.333. The van der Waals surface area contributed by atoms with Gasteiger partial charge in [0.25, 0.3) is 0 Å². The Bertz CT molecular complexity index is 895. The summed E-state index contributed by atoms with van der Waals surface area (Å²) in [7, 11) is 0. The van der Waals surface area contributed by atoms with Crippen LogP contribution in [0.25, 0.3) is 11.0 Å². The molecule has 1 aliphatic heterocycles. The van der Waals surface area contributed by atoms with E-state index in [0.29, 0.717) is 6.42 Å². The zero-order valence-corrected chi connectivity index (χ0v) is 15.1. The number of piperazine rings is 1. The van der Waals surface area contributed by atoms with Gasteiger partial charge in [0.1, 0.15) is 5.82 Å². The third kappa shape index (κ3) is 3.57. The van der Waals surface area contributed by atoms with Crippen molar-refractivity contribution in [2.45, 2.75) is 19.8 Å². The van der Waals surface area contributed by atoms with Crippen LogP contribution < -0.4 is 4.90 Å². The molecule has 5 heteroatoms. The Morgan fingerprint density at radius 1 is 1.08 bits per heavy atom. The predicted octanol–water partition coefficient (Wildman–Crippen LogP) is 3.15. The van der Waals surface area contributed by atoms with E-state index in [4.69, 9.17) is 0 Å². The highest BCUT2D eigenvalue weighted by Crippen LogP contribution is 2.22. The number of carbonyl (C=O) groups is 1. The molecule has 3 aromatic rings. The number of fused-ring (bicyclic) bond motifs is 1. The maximum absolute atomic E-state index is 12.5. The minimum Gasteiger partial charge on any atom is -0.368 e. The molecule has 2 aromatic carbocycles. The standard InChI is InChI=1S/C21H24N4O/c1-16-22-19-9-8-18(15-20(19)23-16)24-11-13-25(14-12-24)21(26)10-7-17-5-3-2-4-6-17/h2-6,8-9,15H,7,10-14H2,1H3,(H,22,23). The Labute approximate surface area is 153 Å². The monoisotopic (exact) mass is 348 g/mol. The van der Waals surface area contributed by atoms with Crippen LogP contribution in [0.3, 0.4) is 0 Å². The van der Waals surface area contributed by atoms with Gasteiger partial charge in [-0.1, -0.05) is 30.3 Å². The molecule has 0 atom stereocenters. The summed E-state index contributed by atoms with van der Waals surface area (Å²) >= 11 is 0. The minimum atomic E-state index is 0.258. The van der Waals surface area contributed by atoms with Crippen molar-refractivity contribution >= 4 is 22.6 Å². The maximum Gasteiger partial charge on any atom is 0.223 e. The van der Waals surface area contributed by atoms with Gasteiger partial charge in [-0.3, -0.25) is 4.79 Å². The van der Waals surface area contributed by atoms with Gasteiger partial charge in [-0.15, -0.1) is 0 Å². The smallest absolute Gasteiger partial charge is 0.223 e. The maximum atomic E-state index is 12.5. The molecule has 1 saturated heterocycles. The number of hydrogen-bond acceptors (Lipinski definition) is 3. The van der Waals surface area contributed by atoms with E-state index in [1.165, 1.54) is 11.3 Å². The molecule has 0 radical (unpaired) electrons. The van der Waals surface area contributed by atoms with Crippen LogP contribution in [-0.2, 0) is 11.2 Å². The molecule has 26 heavy (non-hydrogen) atoms. The van der Waals surface area contributed by atoms with Gasteiger partial charge in [0, 0.05) is 38.3 Å². The summed E-state index contributed by atoms with van der Waals surface area (Å²) in [5.41, 5.74) is 4.49. The highest BCUT2D eigenvalue weighted by atomic mass is 16.2. The zero-order chi connectivity index (χ0) is 17.9. The predicted molar refractivity (Wildman–Crippen MR) is 104 cm³/mol. The minimum absolute atomic E-state index is 0.258. The highest BCUT2D eigenvalue weighted by Gasteiger charge is 2.21. The average molecular weight is 348 g/mol. The summed E-state index contributed by atoms with van der Waals surface area (Å²) in [6, 6.07) is 16.6. The molecule has 1 N–H and O–H groups in total. The topological polar surface area (TPSA) is 52.2 Å². The van der Waals surface area contributed by atoms with E-state index in [0.717, 1.165) is 49.5 Å². The Balaban J connectivity index is 1.33. The second-order valence-corrected chi connectivity index (χ2v) is 6.88. The molecule has 5 nitrogen and oxygen atoms in total. The van der Waals surface area contributed by atoms with Crippen LogP contribution in [0.1, 0.15) is 17.8 Å². The Morgan fingerprint density at radius 3 is 2.62 bits per heavy atom. The molecule has 1 aliphatic rings. The van der Waals surface area contributed by atoms with Crippen LogP contribution in [0.4, 0.5) is 5.69 Å². The van der Waals surface area contributed by atoms with Crippen molar-refractivity contribution in [2.75, 3.05) is 31.1 Å². The number of amides is 1. The number of hydrogen-bond donors (Lipinski definition) is 1. The Hall–Kier alpha value is -2.82. The van der Waals surface area contributed by atoms with Gasteiger partial charge in [0.15, 0.2) is 0 Å². The lowest BCUT2D eigenvalue weighted by Gasteiger charge is -2.36. The lowest BCUT2D eigenvalue weighted by molar-refractivity contribution is -0.131. The van der Waals surface area contributed by atoms with Crippen molar-refractivity contribution in [2.24, 2.45) is 0 Å². The molecule has 0 bridgehead atoms. The van der Waals surface area contributed by atoms with Gasteiger partial charge in [0.2, 0.25) is 5.91 Å². The van der Waals surface area contributed by atoms with Crippen LogP contribution >= 0.6 is 0 Å². The number of imidazole rings is 1. The SMILES string of the molecule is Cc1nc2ccc(N3CCN(C(=O)CCc4ccccc4)CC3)cc2[nH]1. The first-order chi connectivity index (χ1) is 12.7. The van der Waals surface area contributed by atoms with E-state index in [2.05, 4.69) is 45.2 Å². The van der Waals surface area contributed by atoms with Gasteiger partial charge in [-0.05, 0) is 37.1 Å². The number of anilines is 1. The lowest BCUT2D eigenvalue weighted by atomic mass is 10.1. The van der Waals surface area contributed by atoms with Crippen LogP contribution in [0.2, 0.25) is 0 Å². The number of nitrogens with one attached hydrogen (secondary N) is 1. The molecule has 1 fully saturated rings. The largest absolute Gasteiger partial charge is 0.368 e. The van der Waals surface area contributed by atoms with Gasteiger partial charge in [0.05, 0.1) is 11.0 Å². The van der Waals surface area contributed by atoms with E-state index in [9.17, 15) is 4.79 Å². The van der Waals surface area contributed by atoms with E-state index in [1.54, 1.807) is 0 Å². The molecule has 2 heterocycles. The first-order valence-corrected chi connectivity index (χ1v) is 9.22. The molecule has 0 saturated carbocycles. The molecule has 1 amide bonds. The van der Waals surface area contributed by atoms with Crippen molar-refractivity contribution in [3.63, 3.8) is 0 Å². The second kappa shape index (κ2) is 7.20. The van der Waals surface area contributed by atoms with Crippen LogP contribution in [0.15, 0.2) is 48.5 Å². The number of aryl methyl sites for hydroxylation is 2. The Kier molecular flexibility index (Phi) is 4.61. The third-order valence-electron chi connectivity index (χ3n) is 5.05. The van der Waals surface area contributed by atoms with Crippen molar-refractivity contribution in [1.29, 1.82) is 0 Å². The molecule has 0 unspecified atom stereocenters. The van der Waals surface area contributed by atoms with Crippen molar-refractivity contribution in [3.05, 3.63) is 59.9 Å². The van der Waals surface area contributed by atoms with Crippen LogP contribution in [-0.4, -0.2) is 47.0 Å². The van der Waals surface area contributed by atoms with E-state index < -0.39 is 0 Å². The summed E-state index contributed by atoms with van der Waals surface area (Å²) < 4.78 is 0. The summed E-state index contributed by atoms with van der Waals surface area (Å²) in [5, 5.41) is 0. The second-order valence-electron chi connectivity index (χ2n) is 6.88. The van der Waals surface area contributed by atoms with Gasteiger partial charge < -0.3 is 14.8 Å². The molecular weight excluding hydrogens is 324 g/mol.